The number of thiophene rings is 2. The Morgan fingerprint density at radius 1 is 0.179 bits per heavy atom. The van der Waals surface area contributed by atoms with E-state index >= 15 is 0 Å². The molecule has 19 aromatic carbocycles. The van der Waals surface area contributed by atoms with Gasteiger partial charge in [-0.2, -0.15) is 0 Å². The topological polar surface area (TPSA) is 26.2 Å². The third kappa shape index (κ3) is 8.82. The lowest BCUT2D eigenvalue weighted by Gasteiger charge is -2.45. The van der Waals surface area contributed by atoms with E-state index in [0.717, 1.165) is 90.1 Å². The van der Waals surface area contributed by atoms with Crippen LogP contribution in [0.2, 0.25) is 0 Å². The maximum atomic E-state index is 2.72. The van der Waals surface area contributed by atoms with Gasteiger partial charge >= 0.3 is 0 Å². The summed E-state index contributed by atoms with van der Waals surface area (Å²) < 4.78 is 15.1. The van der Waals surface area contributed by atoms with Crippen LogP contribution in [0.15, 0.2) is 382 Å². The summed E-state index contributed by atoms with van der Waals surface area (Å²) in [5.41, 5.74) is 26.5. The van der Waals surface area contributed by atoms with Crippen LogP contribution in [0.3, 0.4) is 0 Å². The highest BCUT2D eigenvalue weighted by atomic mass is 32.1. The number of rotatable bonds is 7. The van der Waals surface area contributed by atoms with Crippen LogP contribution in [0.5, 0.6) is 0 Å². The molecule has 0 aliphatic carbocycles. The molecule has 6 nitrogen and oxygen atoms in total. The molecule has 540 valence electrons. The molecule has 6 aromatic heterocycles. The number of aromatic nitrogens is 4. The lowest BCUT2D eigenvalue weighted by Crippen LogP contribution is -2.61. The third-order valence-electron chi connectivity index (χ3n) is 25.8. The van der Waals surface area contributed by atoms with Gasteiger partial charge in [-0.15, -0.1) is 22.7 Å². The highest BCUT2D eigenvalue weighted by Gasteiger charge is 2.46. The van der Waals surface area contributed by atoms with Crippen molar-refractivity contribution in [2.24, 2.45) is 0 Å². The Morgan fingerprint density at radius 3 is 0.949 bits per heavy atom. The lowest BCUT2D eigenvalue weighted by molar-refractivity contribution is 1.15. The van der Waals surface area contributed by atoms with Crippen LogP contribution in [0.1, 0.15) is 0 Å². The molecule has 0 fully saturated rings. The summed E-state index contributed by atoms with van der Waals surface area (Å²) in [5, 5.41) is 22.1. The molecule has 9 heteroatoms. The van der Waals surface area contributed by atoms with Crippen LogP contribution < -0.4 is 26.2 Å². The Labute approximate surface area is 678 Å². The smallest absolute Gasteiger partial charge is 0.252 e. The quantitative estimate of drug-likeness (QED) is 0.117. The minimum atomic E-state index is -0.329. The van der Waals surface area contributed by atoms with Crippen molar-refractivity contribution >= 4 is 240 Å². The minimum Gasteiger partial charge on any atom is -0.311 e. The van der Waals surface area contributed by atoms with Gasteiger partial charge < -0.3 is 28.1 Å². The lowest BCUT2D eigenvalue weighted by atomic mass is 9.33. The van der Waals surface area contributed by atoms with Gasteiger partial charge in [0, 0.05) is 129 Å². The number of hydrogen-bond acceptors (Lipinski definition) is 4. The molecular weight excluding hydrogens is 1460 g/mol. The fourth-order valence-electron chi connectivity index (χ4n) is 21.0. The van der Waals surface area contributed by atoms with Crippen molar-refractivity contribution in [3.63, 3.8) is 0 Å². The normalized spacial score (nSPS) is 12.9. The van der Waals surface area contributed by atoms with Crippen LogP contribution in [-0.4, -0.2) is 25.0 Å². The predicted molar refractivity (Wildman–Crippen MR) is 502 cm³/mol. The van der Waals surface area contributed by atoms with E-state index < -0.39 is 0 Å². The van der Waals surface area contributed by atoms with E-state index in [4.69, 9.17) is 0 Å². The Balaban J connectivity index is 0.821. The van der Waals surface area contributed by atoms with Crippen molar-refractivity contribution in [3.8, 4) is 33.9 Å². The summed E-state index contributed by atoms with van der Waals surface area (Å²) in [6.45, 7) is -0.329. The maximum absolute atomic E-state index is 2.72. The molecule has 2 aliphatic rings. The van der Waals surface area contributed by atoms with Crippen molar-refractivity contribution < 1.29 is 0 Å². The summed E-state index contributed by atoms with van der Waals surface area (Å²) in [7, 11) is 0. The van der Waals surface area contributed by atoms with Gasteiger partial charge in [0.15, 0.2) is 0 Å². The molecule has 0 saturated heterocycles. The van der Waals surface area contributed by atoms with Gasteiger partial charge in [-0.05, 0) is 211 Å². The number of anilines is 6. The number of nitrogens with zero attached hydrogens (tertiary/aromatic N) is 6. The van der Waals surface area contributed by atoms with Gasteiger partial charge in [0.1, 0.15) is 0 Å². The molecule has 0 radical (unpaired) electrons. The maximum Gasteiger partial charge on any atom is 0.252 e. The summed E-state index contributed by atoms with van der Waals surface area (Å²) in [6, 6.07) is 145. The Bertz CT molecular complexity index is 8130. The average Bonchev–Trinajstić information content (AvgIpc) is 1.53. The number of fused-ring (bicyclic) bond motifs is 28. The zero-order chi connectivity index (χ0) is 76.0. The van der Waals surface area contributed by atoms with E-state index in [2.05, 4.69) is 410 Å². The van der Waals surface area contributed by atoms with E-state index in [9.17, 15) is 0 Å². The highest BCUT2D eigenvalue weighted by Crippen LogP contribution is 2.55. The Hall–Kier alpha value is -14.7. The number of hydrogen-bond donors (Lipinski definition) is 0. The van der Waals surface area contributed by atoms with Gasteiger partial charge in [0.25, 0.3) is 6.71 Å². The molecule has 2 aliphatic heterocycles. The van der Waals surface area contributed by atoms with Crippen molar-refractivity contribution in [1.82, 2.24) is 18.3 Å². The second kappa shape index (κ2) is 23.9. The second-order valence-corrected chi connectivity index (χ2v) is 33.9. The Morgan fingerprint density at radius 2 is 0.513 bits per heavy atom. The highest BCUT2D eigenvalue weighted by molar-refractivity contribution is 7.26. The van der Waals surface area contributed by atoms with Crippen LogP contribution in [0.4, 0.5) is 34.1 Å². The van der Waals surface area contributed by atoms with Gasteiger partial charge in [-0.25, -0.2) is 0 Å². The first-order valence-electron chi connectivity index (χ1n) is 40.3. The van der Waals surface area contributed by atoms with E-state index in [-0.39, 0.29) is 6.71 Å². The first-order chi connectivity index (χ1) is 58.1. The van der Waals surface area contributed by atoms with Crippen LogP contribution in [0, 0.1) is 0 Å². The molecule has 117 heavy (non-hydrogen) atoms. The molecule has 0 saturated carbocycles. The predicted octanol–water partition coefficient (Wildman–Crippen LogP) is 28.0. The van der Waals surface area contributed by atoms with Crippen molar-refractivity contribution in [1.29, 1.82) is 0 Å². The molecule has 27 rings (SSSR count). The average molecular weight is 1520 g/mol. The number of para-hydroxylation sites is 6. The standard InChI is InChI=1S/C108H63BN6S2/c1-3-25-66(26-4-1)110-94-58-68(112-88-39-17-11-33-75(88)76-34-12-18-40-89(76)112)50-53-79(94)84-60-98-86(62-96(84)110)109-87-63-97-85(80-54-51-69(59-95(80)111(97)67-27-5-2-6-28-67)113-90-41-19-13-35-77(90)78-36-14-20-42-91(78)113)61-99(87)115(93-44-24-48-105-107(93)82-38-16-22-46-103(82)117-105)101-57-65(64-49-52-74-72-31-8-7-29-70(72)71-30-9-10-32-73(71)83(74)55-64)56-100(108(101)109)114(98)92-43-23-47-104-106(92)81-37-15-21-45-102(81)116-104/h1-63H. The summed E-state index contributed by atoms with van der Waals surface area (Å²) in [4.78, 5) is 5.44. The summed E-state index contributed by atoms with van der Waals surface area (Å²) >= 11 is 3.76. The van der Waals surface area contributed by atoms with Crippen LogP contribution in [-0.2, 0) is 0 Å². The largest absolute Gasteiger partial charge is 0.311 e. The van der Waals surface area contributed by atoms with E-state index in [0.29, 0.717) is 0 Å². The second-order valence-electron chi connectivity index (χ2n) is 31.7. The molecule has 25 aromatic rings. The van der Waals surface area contributed by atoms with Gasteiger partial charge in [-0.3, -0.25) is 0 Å². The first kappa shape index (κ1) is 63.7. The molecule has 0 amide bonds. The molecule has 8 heterocycles. The summed E-state index contributed by atoms with van der Waals surface area (Å²) in [5.74, 6) is 0. The molecule has 0 bridgehead atoms. The molecular formula is C108H63BN6S2. The monoisotopic (exact) mass is 1520 g/mol. The Kier molecular flexibility index (Phi) is 13.0. The van der Waals surface area contributed by atoms with E-state index in [1.807, 2.05) is 22.7 Å². The van der Waals surface area contributed by atoms with Crippen molar-refractivity contribution in [2.75, 3.05) is 9.80 Å². The van der Waals surface area contributed by atoms with Gasteiger partial charge in [0.2, 0.25) is 0 Å². The van der Waals surface area contributed by atoms with Crippen LogP contribution >= 0.6 is 22.7 Å². The fraction of sp³-hybridized carbons (Fsp3) is 0. The summed E-state index contributed by atoms with van der Waals surface area (Å²) in [6.07, 6.45) is 0. The SMILES string of the molecule is c1ccc(-n2c3cc(-n4c5ccccc5c5ccccc54)ccc3c3cc4c(cc32)B2c3cc5c(cc3N(c3cccc6sc7ccccc7c36)c3cc(-c6ccc7c8ccccc8c8ccccc8c7c6)cc(c32)N4c2cccc3sc4ccccc4c23)c2ccc(-n3c4ccccc4c4ccccc43)cc2n5-c2ccccc2)cc1. The van der Waals surface area contributed by atoms with E-state index in [1.54, 1.807) is 0 Å². The fourth-order valence-corrected chi connectivity index (χ4v) is 23.3. The molecule has 0 N–H and O–H groups in total. The van der Waals surface area contributed by atoms with Crippen molar-refractivity contribution in [2.45, 2.75) is 0 Å². The van der Waals surface area contributed by atoms with Crippen molar-refractivity contribution in [3.05, 3.63) is 382 Å². The molecule has 0 spiro atoms. The zero-order valence-electron chi connectivity index (χ0n) is 63.0. The van der Waals surface area contributed by atoms with Gasteiger partial charge in [0.05, 0.1) is 55.5 Å². The zero-order valence-corrected chi connectivity index (χ0v) is 64.6. The number of benzene rings is 19. The van der Waals surface area contributed by atoms with Gasteiger partial charge in [-0.1, -0.05) is 231 Å². The minimum absolute atomic E-state index is 0.329. The third-order valence-corrected chi connectivity index (χ3v) is 28.1. The van der Waals surface area contributed by atoms with Crippen LogP contribution in [0.25, 0.3) is 194 Å². The van der Waals surface area contributed by atoms with E-state index in [1.165, 1.54) is 154 Å². The first-order valence-corrected chi connectivity index (χ1v) is 41.9. The molecule has 0 unspecified atom stereocenters. The molecule has 0 atom stereocenters.